The van der Waals surface area contributed by atoms with Gasteiger partial charge in [0.2, 0.25) is 0 Å². The Kier molecular flexibility index (Phi) is 5.37. The van der Waals surface area contributed by atoms with Crippen molar-refractivity contribution in [1.29, 1.82) is 0 Å². The van der Waals surface area contributed by atoms with E-state index in [2.05, 4.69) is 85.3 Å². The van der Waals surface area contributed by atoms with Gasteiger partial charge in [-0.3, -0.25) is 4.98 Å². The van der Waals surface area contributed by atoms with Crippen molar-refractivity contribution in [2.75, 3.05) is 4.90 Å². The summed E-state index contributed by atoms with van der Waals surface area (Å²) in [5, 5.41) is 4.30. The molecule has 2 fully saturated rings. The minimum atomic E-state index is 0.00193. The highest BCUT2D eigenvalue weighted by Crippen LogP contribution is 2.43. The van der Waals surface area contributed by atoms with Crippen LogP contribution < -0.4 is 10.2 Å². The standard InChI is InChI=1S/C24H25BrN4S/c1-16-14-19(9-10-20(16)25)29-23(17-11-13-28(15-17)18-6-2-3-7-18)22(27-24(29)30)21-8-4-5-12-26-21/h4-5,8-15,18,22-23H,2-3,6-7H2,1H3,(H,27,30)/t22-,23-/m1/s1. The van der Waals surface area contributed by atoms with Gasteiger partial charge in [0.1, 0.15) is 0 Å². The molecule has 0 unspecified atom stereocenters. The minimum absolute atomic E-state index is 0.00193. The molecule has 6 heteroatoms. The summed E-state index contributed by atoms with van der Waals surface area (Å²) < 4.78 is 3.51. The molecule has 0 radical (unpaired) electrons. The molecule has 30 heavy (non-hydrogen) atoms. The molecule has 1 saturated carbocycles. The molecular formula is C24H25BrN4S. The van der Waals surface area contributed by atoms with Crippen molar-refractivity contribution in [1.82, 2.24) is 14.9 Å². The summed E-state index contributed by atoms with van der Waals surface area (Å²) in [5.41, 5.74) is 4.57. The van der Waals surface area contributed by atoms with Crippen molar-refractivity contribution in [3.05, 3.63) is 82.3 Å². The van der Waals surface area contributed by atoms with Gasteiger partial charge in [-0.15, -0.1) is 0 Å². The zero-order chi connectivity index (χ0) is 20.7. The van der Waals surface area contributed by atoms with Crippen LogP contribution in [0.4, 0.5) is 5.69 Å². The van der Waals surface area contributed by atoms with Crippen LogP contribution >= 0.6 is 28.1 Å². The Morgan fingerprint density at radius 3 is 2.70 bits per heavy atom. The van der Waals surface area contributed by atoms with Crippen LogP contribution in [0.1, 0.15) is 60.6 Å². The number of nitrogens with one attached hydrogen (secondary N) is 1. The van der Waals surface area contributed by atoms with Gasteiger partial charge in [0.15, 0.2) is 5.11 Å². The molecule has 1 aliphatic heterocycles. The molecule has 1 aromatic carbocycles. The van der Waals surface area contributed by atoms with Gasteiger partial charge >= 0.3 is 0 Å². The van der Waals surface area contributed by atoms with E-state index >= 15 is 0 Å². The SMILES string of the molecule is Cc1cc(N2C(=S)N[C@H](c3ccccn3)[C@H]2c2ccn(C3CCCC3)c2)ccc1Br. The highest BCUT2D eigenvalue weighted by atomic mass is 79.9. The van der Waals surface area contributed by atoms with Gasteiger partial charge in [0.25, 0.3) is 0 Å². The van der Waals surface area contributed by atoms with Crippen LogP contribution in [0.15, 0.2) is 65.5 Å². The first kappa shape index (κ1) is 19.8. The topological polar surface area (TPSA) is 33.1 Å². The lowest BCUT2D eigenvalue weighted by Crippen LogP contribution is -2.29. The van der Waals surface area contributed by atoms with Crippen molar-refractivity contribution in [2.45, 2.75) is 50.7 Å². The van der Waals surface area contributed by atoms with E-state index in [9.17, 15) is 0 Å². The molecule has 5 rings (SSSR count). The summed E-state index contributed by atoms with van der Waals surface area (Å²) in [6.07, 6.45) is 11.6. The number of hydrogen-bond acceptors (Lipinski definition) is 2. The third-order valence-corrected chi connectivity index (χ3v) is 7.55. The third-order valence-electron chi connectivity index (χ3n) is 6.34. The molecule has 0 bridgehead atoms. The molecule has 0 amide bonds. The zero-order valence-corrected chi connectivity index (χ0v) is 19.4. The monoisotopic (exact) mass is 480 g/mol. The Morgan fingerprint density at radius 2 is 1.97 bits per heavy atom. The van der Waals surface area contributed by atoms with Crippen LogP contribution in [0.3, 0.4) is 0 Å². The molecule has 1 saturated heterocycles. The predicted molar refractivity (Wildman–Crippen MR) is 129 cm³/mol. The largest absolute Gasteiger partial charge is 0.351 e. The number of thiocarbonyl (C=S) groups is 1. The molecule has 4 nitrogen and oxygen atoms in total. The van der Waals surface area contributed by atoms with Crippen molar-refractivity contribution in [3.8, 4) is 0 Å². The molecule has 3 heterocycles. The van der Waals surface area contributed by atoms with Crippen LogP contribution in [0.5, 0.6) is 0 Å². The lowest BCUT2D eigenvalue weighted by molar-refractivity contribution is 0.515. The molecular weight excluding hydrogens is 456 g/mol. The maximum absolute atomic E-state index is 5.84. The highest BCUT2D eigenvalue weighted by Gasteiger charge is 2.41. The number of hydrogen-bond donors (Lipinski definition) is 1. The average molecular weight is 481 g/mol. The number of benzene rings is 1. The molecule has 1 aliphatic carbocycles. The first-order valence-corrected chi connectivity index (χ1v) is 11.8. The van der Waals surface area contributed by atoms with E-state index in [0.29, 0.717) is 6.04 Å². The van der Waals surface area contributed by atoms with E-state index in [1.54, 1.807) is 0 Å². The van der Waals surface area contributed by atoms with E-state index in [4.69, 9.17) is 12.2 Å². The molecule has 1 N–H and O–H groups in total. The van der Waals surface area contributed by atoms with Gasteiger partial charge in [0.05, 0.1) is 17.8 Å². The number of halogens is 1. The number of pyridine rings is 1. The van der Waals surface area contributed by atoms with Crippen molar-refractivity contribution in [2.24, 2.45) is 0 Å². The van der Waals surface area contributed by atoms with Gasteiger partial charge in [-0.2, -0.15) is 0 Å². The Hall–Kier alpha value is -2.18. The van der Waals surface area contributed by atoms with E-state index in [0.717, 1.165) is 21.0 Å². The lowest BCUT2D eigenvalue weighted by atomic mass is 9.98. The number of anilines is 1. The second-order valence-electron chi connectivity index (χ2n) is 8.26. The van der Waals surface area contributed by atoms with E-state index in [1.165, 1.54) is 36.8 Å². The number of nitrogens with zero attached hydrogens (tertiary/aromatic N) is 3. The van der Waals surface area contributed by atoms with E-state index < -0.39 is 0 Å². The normalized spacial score (nSPS) is 21.9. The summed E-state index contributed by atoms with van der Waals surface area (Å²) >= 11 is 9.46. The molecule has 2 atom stereocenters. The fraction of sp³-hybridized carbons (Fsp3) is 0.333. The van der Waals surface area contributed by atoms with Gasteiger partial charge in [-0.05, 0) is 79.5 Å². The van der Waals surface area contributed by atoms with E-state index in [-0.39, 0.29) is 12.1 Å². The first-order valence-electron chi connectivity index (χ1n) is 10.6. The summed E-state index contributed by atoms with van der Waals surface area (Å²) in [4.78, 5) is 6.90. The zero-order valence-electron chi connectivity index (χ0n) is 17.0. The van der Waals surface area contributed by atoms with Crippen LogP contribution in [-0.4, -0.2) is 14.7 Å². The van der Waals surface area contributed by atoms with Crippen LogP contribution in [0, 0.1) is 6.92 Å². The number of aryl methyl sites for hydroxylation is 1. The van der Waals surface area contributed by atoms with Gasteiger partial charge in [-0.1, -0.05) is 34.8 Å². The molecule has 2 aliphatic rings. The summed E-state index contributed by atoms with van der Waals surface area (Å²) in [6, 6.07) is 15.4. The summed E-state index contributed by atoms with van der Waals surface area (Å²) in [7, 11) is 0. The fourth-order valence-corrected chi connectivity index (χ4v) is 5.38. The highest BCUT2D eigenvalue weighted by molar-refractivity contribution is 9.10. The number of aromatic nitrogens is 2. The van der Waals surface area contributed by atoms with Crippen LogP contribution in [-0.2, 0) is 0 Å². The Bertz CT molecular complexity index is 1060. The third kappa shape index (κ3) is 3.56. The van der Waals surface area contributed by atoms with Crippen LogP contribution in [0.25, 0.3) is 0 Å². The average Bonchev–Trinajstić information content (AvgIpc) is 3.50. The number of rotatable bonds is 4. The minimum Gasteiger partial charge on any atom is -0.351 e. The molecule has 154 valence electrons. The maximum Gasteiger partial charge on any atom is 0.174 e. The molecule has 3 aromatic rings. The second-order valence-corrected chi connectivity index (χ2v) is 9.50. The lowest BCUT2D eigenvalue weighted by Gasteiger charge is -2.27. The maximum atomic E-state index is 5.84. The van der Waals surface area contributed by atoms with Gasteiger partial charge in [-0.25, -0.2) is 0 Å². The van der Waals surface area contributed by atoms with Crippen molar-refractivity contribution < 1.29 is 0 Å². The van der Waals surface area contributed by atoms with Gasteiger partial charge in [0, 0.05) is 34.8 Å². The van der Waals surface area contributed by atoms with Crippen molar-refractivity contribution in [3.63, 3.8) is 0 Å². The second kappa shape index (κ2) is 8.16. The predicted octanol–water partition coefficient (Wildman–Crippen LogP) is 6.25. The molecule has 0 spiro atoms. The first-order chi connectivity index (χ1) is 14.6. The van der Waals surface area contributed by atoms with Gasteiger partial charge < -0.3 is 14.8 Å². The fourth-order valence-electron chi connectivity index (χ4n) is 4.79. The van der Waals surface area contributed by atoms with Crippen molar-refractivity contribution >= 4 is 38.9 Å². The quantitative estimate of drug-likeness (QED) is 0.447. The Labute approximate surface area is 191 Å². The smallest absolute Gasteiger partial charge is 0.174 e. The Balaban J connectivity index is 1.58. The van der Waals surface area contributed by atoms with E-state index in [1.807, 2.05) is 18.3 Å². The van der Waals surface area contributed by atoms with Crippen LogP contribution in [0.2, 0.25) is 0 Å². The Morgan fingerprint density at radius 1 is 1.13 bits per heavy atom. The molecule has 2 aromatic heterocycles. The summed E-state index contributed by atoms with van der Waals surface area (Å²) in [6.45, 7) is 2.11. The summed E-state index contributed by atoms with van der Waals surface area (Å²) in [5.74, 6) is 0.